The SMILES string of the molecule is C=CCNC(=O)[C@@H](CC(C)C)NC(=O)c1ccc(Cl)cc1Cl. The molecule has 6 heteroatoms. The van der Waals surface area contributed by atoms with Crippen molar-refractivity contribution in [1.29, 1.82) is 0 Å². The van der Waals surface area contributed by atoms with Crippen molar-refractivity contribution in [1.82, 2.24) is 10.6 Å². The number of hydrogen-bond donors (Lipinski definition) is 2. The molecule has 1 aromatic rings. The highest BCUT2D eigenvalue weighted by Gasteiger charge is 2.23. The number of hydrogen-bond acceptors (Lipinski definition) is 2. The molecule has 0 saturated heterocycles. The van der Waals surface area contributed by atoms with Crippen LogP contribution >= 0.6 is 23.2 Å². The maximum Gasteiger partial charge on any atom is 0.253 e. The first kappa shape index (κ1) is 18.5. The van der Waals surface area contributed by atoms with E-state index in [4.69, 9.17) is 23.2 Å². The largest absolute Gasteiger partial charge is 0.351 e. The molecule has 120 valence electrons. The molecule has 1 aromatic carbocycles. The lowest BCUT2D eigenvalue weighted by Crippen LogP contribution is -2.47. The summed E-state index contributed by atoms with van der Waals surface area (Å²) in [5, 5.41) is 6.11. The Balaban J connectivity index is 2.85. The van der Waals surface area contributed by atoms with Crippen molar-refractivity contribution in [2.45, 2.75) is 26.3 Å². The molecular weight excluding hydrogens is 323 g/mol. The van der Waals surface area contributed by atoms with E-state index in [1.807, 2.05) is 13.8 Å². The van der Waals surface area contributed by atoms with Gasteiger partial charge < -0.3 is 10.6 Å². The minimum Gasteiger partial charge on any atom is -0.351 e. The highest BCUT2D eigenvalue weighted by molar-refractivity contribution is 6.36. The van der Waals surface area contributed by atoms with E-state index in [2.05, 4.69) is 17.2 Å². The van der Waals surface area contributed by atoms with Crippen LogP contribution < -0.4 is 10.6 Å². The first-order chi connectivity index (χ1) is 10.3. The number of carbonyl (C=O) groups excluding carboxylic acids is 2. The van der Waals surface area contributed by atoms with E-state index in [-0.39, 0.29) is 22.4 Å². The van der Waals surface area contributed by atoms with E-state index in [9.17, 15) is 9.59 Å². The maximum absolute atomic E-state index is 12.3. The number of carbonyl (C=O) groups is 2. The molecule has 0 heterocycles. The van der Waals surface area contributed by atoms with Crippen LogP contribution in [0.5, 0.6) is 0 Å². The van der Waals surface area contributed by atoms with Gasteiger partial charge in [0.25, 0.3) is 5.91 Å². The summed E-state index contributed by atoms with van der Waals surface area (Å²) >= 11 is 11.8. The van der Waals surface area contributed by atoms with Gasteiger partial charge in [-0.25, -0.2) is 0 Å². The third-order valence-corrected chi connectivity index (χ3v) is 3.47. The van der Waals surface area contributed by atoms with Gasteiger partial charge in [0.1, 0.15) is 6.04 Å². The predicted molar refractivity (Wildman–Crippen MR) is 90.4 cm³/mol. The van der Waals surface area contributed by atoms with Crippen LogP contribution in [0.4, 0.5) is 0 Å². The summed E-state index contributed by atoms with van der Waals surface area (Å²) in [4.78, 5) is 24.4. The van der Waals surface area contributed by atoms with E-state index in [1.165, 1.54) is 12.1 Å². The third kappa shape index (κ3) is 5.70. The van der Waals surface area contributed by atoms with Crippen LogP contribution in [0.1, 0.15) is 30.6 Å². The van der Waals surface area contributed by atoms with E-state index in [1.54, 1.807) is 12.1 Å². The molecule has 0 aliphatic carbocycles. The molecule has 22 heavy (non-hydrogen) atoms. The Kier molecular flexibility index (Phi) is 7.42. The van der Waals surface area contributed by atoms with E-state index in [0.717, 1.165) is 0 Å². The van der Waals surface area contributed by atoms with Crippen molar-refractivity contribution in [2.75, 3.05) is 6.54 Å². The standard InChI is InChI=1S/C16H20Cl2N2O2/c1-4-7-19-16(22)14(8-10(2)3)20-15(21)12-6-5-11(17)9-13(12)18/h4-6,9-10,14H,1,7-8H2,2-3H3,(H,19,22)(H,20,21)/t14-/m1/s1. The average molecular weight is 343 g/mol. The zero-order valence-corrected chi connectivity index (χ0v) is 14.2. The van der Waals surface area contributed by atoms with Crippen LogP contribution in [-0.4, -0.2) is 24.4 Å². The normalized spacial score (nSPS) is 11.9. The summed E-state index contributed by atoms with van der Waals surface area (Å²) in [7, 11) is 0. The summed E-state index contributed by atoms with van der Waals surface area (Å²) in [6.07, 6.45) is 2.11. The Morgan fingerprint density at radius 1 is 1.32 bits per heavy atom. The maximum atomic E-state index is 12.3. The zero-order valence-electron chi connectivity index (χ0n) is 12.7. The first-order valence-electron chi connectivity index (χ1n) is 6.99. The molecule has 0 aliphatic heterocycles. The third-order valence-electron chi connectivity index (χ3n) is 2.93. The van der Waals surface area contributed by atoms with Gasteiger partial charge in [-0.2, -0.15) is 0 Å². The van der Waals surface area contributed by atoms with Crippen molar-refractivity contribution in [2.24, 2.45) is 5.92 Å². The van der Waals surface area contributed by atoms with Gasteiger partial charge in [-0.3, -0.25) is 9.59 Å². The Bertz CT molecular complexity index is 559. The van der Waals surface area contributed by atoms with Crippen LogP contribution in [-0.2, 0) is 4.79 Å². The van der Waals surface area contributed by atoms with Crippen molar-refractivity contribution < 1.29 is 9.59 Å². The lowest BCUT2D eigenvalue weighted by molar-refractivity contribution is -0.123. The molecule has 1 rings (SSSR count). The van der Waals surface area contributed by atoms with Crippen LogP contribution in [0.3, 0.4) is 0 Å². The van der Waals surface area contributed by atoms with Gasteiger partial charge in [-0.15, -0.1) is 6.58 Å². The molecule has 0 radical (unpaired) electrons. The van der Waals surface area contributed by atoms with Gasteiger partial charge in [-0.1, -0.05) is 43.1 Å². The number of halogens is 2. The van der Waals surface area contributed by atoms with Crippen LogP contribution in [0, 0.1) is 5.92 Å². The molecule has 0 bridgehead atoms. The van der Waals surface area contributed by atoms with Gasteiger partial charge in [0.2, 0.25) is 5.91 Å². The van der Waals surface area contributed by atoms with Crippen LogP contribution in [0.15, 0.2) is 30.9 Å². The Morgan fingerprint density at radius 2 is 2.00 bits per heavy atom. The van der Waals surface area contributed by atoms with Crippen LogP contribution in [0.2, 0.25) is 10.0 Å². The monoisotopic (exact) mass is 342 g/mol. The molecule has 0 unspecified atom stereocenters. The second kappa shape index (κ2) is 8.81. The Morgan fingerprint density at radius 3 is 2.55 bits per heavy atom. The molecule has 0 aliphatic rings. The summed E-state index contributed by atoms with van der Waals surface area (Å²) in [5.41, 5.74) is 0.288. The van der Waals surface area contributed by atoms with Gasteiger partial charge >= 0.3 is 0 Å². The van der Waals surface area contributed by atoms with Crippen molar-refractivity contribution in [3.05, 3.63) is 46.5 Å². The molecule has 0 fully saturated rings. The zero-order chi connectivity index (χ0) is 16.7. The highest BCUT2D eigenvalue weighted by Crippen LogP contribution is 2.21. The minimum absolute atomic E-state index is 0.243. The van der Waals surface area contributed by atoms with Gasteiger partial charge in [-0.05, 0) is 30.5 Å². The smallest absolute Gasteiger partial charge is 0.253 e. The highest BCUT2D eigenvalue weighted by atomic mass is 35.5. The molecule has 0 aromatic heterocycles. The lowest BCUT2D eigenvalue weighted by atomic mass is 10.0. The summed E-state index contributed by atoms with van der Waals surface area (Å²) in [5.74, 6) is -0.395. The van der Waals surface area contributed by atoms with E-state index < -0.39 is 11.9 Å². The number of nitrogens with one attached hydrogen (secondary N) is 2. The summed E-state index contributed by atoms with van der Waals surface area (Å²) < 4.78 is 0. The molecule has 4 nitrogen and oxygen atoms in total. The topological polar surface area (TPSA) is 58.2 Å². The van der Waals surface area contributed by atoms with Crippen molar-refractivity contribution in [3.8, 4) is 0 Å². The molecular formula is C16H20Cl2N2O2. The molecule has 2 N–H and O–H groups in total. The van der Waals surface area contributed by atoms with Crippen molar-refractivity contribution >= 4 is 35.0 Å². The number of rotatable bonds is 7. The lowest BCUT2D eigenvalue weighted by Gasteiger charge is -2.20. The predicted octanol–water partition coefficient (Wildman–Crippen LogP) is 3.44. The van der Waals surface area contributed by atoms with Crippen LogP contribution in [0.25, 0.3) is 0 Å². The second-order valence-electron chi connectivity index (χ2n) is 5.31. The Hall–Kier alpha value is -1.52. The van der Waals surface area contributed by atoms with E-state index >= 15 is 0 Å². The number of amides is 2. The van der Waals surface area contributed by atoms with Gasteiger partial charge in [0.05, 0.1) is 10.6 Å². The second-order valence-corrected chi connectivity index (χ2v) is 6.16. The summed E-state index contributed by atoms with van der Waals surface area (Å²) in [6, 6.07) is 3.98. The van der Waals surface area contributed by atoms with Gasteiger partial charge in [0, 0.05) is 11.6 Å². The average Bonchev–Trinajstić information content (AvgIpc) is 2.43. The summed E-state index contributed by atoms with van der Waals surface area (Å²) in [6.45, 7) is 7.86. The first-order valence-corrected chi connectivity index (χ1v) is 7.75. The quantitative estimate of drug-likeness (QED) is 0.745. The molecule has 0 saturated carbocycles. The fraction of sp³-hybridized carbons (Fsp3) is 0.375. The Labute approximate surface area is 140 Å². The fourth-order valence-corrected chi connectivity index (χ4v) is 2.40. The minimum atomic E-state index is -0.626. The molecule has 1 atom stereocenters. The van der Waals surface area contributed by atoms with Gasteiger partial charge in [0.15, 0.2) is 0 Å². The molecule has 2 amide bonds. The molecule has 0 spiro atoms. The van der Waals surface area contributed by atoms with E-state index in [0.29, 0.717) is 18.0 Å². The fourth-order valence-electron chi connectivity index (χ4n) is 1.91. The van der Waals surface area contributed by atoms with Crippen molar-refractivity contribution in [3.63, 3.8) is 0 Å². The number of benzene rings is 1.